The fourth-order valence-electron chi connectivity index (χ4n) is 3.50. The lowest BCUT2D eigenvalue weighted by atomic mass is 10.1. The Morgan fingerprint density at radius 2 is 2.00 bits per heavy atom. The number of hydrogen-bond donors (Lipinski definition) is 0. The van der Waals surface area contributed by atoms with E-state index >= 15 is 0 Å². The molecule has 5 aromatic rings. The molecule has 0 saturated heterocycles. The Kier molecular flexibility index (Phi) is 3.77. The smallest absolute Gasteiger partial charge is 0.275 e. The van der Waals surface area contributed by atoms with E-state index < -0.39 is 0 Å². The molecule has 0 aliphatic rings. The minimum absolute atomic E-state index is 0.175. The van der Waals surface area contributed by atoms with Gasteiger partial charge in [-0.2, -0.15) is 10.2 Å². The zero-order chi connectivity index (χ0) is 19.3. The topological polar surface area (TPSA) is 70.5 Å². The maximum atomic E-state index is 13.5. The quantitative estimate of drug-likeness (QED) is 0.474. The Balaban J connectivity index is 1.85. The Labute approximate surface area is 164 Å². The molecule has 0 radical (unpaired) electrons. The summed E-state index contributed by atoms with van der Waals surface area (Å²) in [5.41, 5.74) is 2.56. The van der Waals surface area contributed by atoms with Gasteiger partial charge in [0.25, 0.3) is 5.56 Å². The molecule has 0 amide bonds. The molecular formula is C20H15ClN6O. The summed E-state index contributed by atoms with van der Waals surface area (Å²) in [7, 11) is 1.86. The Hall–Kier alpha value is -3.45. The molecule has 0 aliphatic carbocycles. The zero-order valence-corrected chi connectivity index (χ0v) is 15.7. The van der Waals surface area contributed by atoms with E-state index in [0.717, 1.165) is 22.0 Å². The van der Waals surface area contributed by atoms with Gasteiger partial charge in [-0.3, -0.25) is 23.7 Å². The van der Waals surface area contributed by atoms with Gasteiger partial charge < -0.3 is 0 Å². The van der Waals surface area contributed by atoms with E-state index in [0.29, 0.717) is 22.8 Å². The maximum absolute atomic E-state index is 13.5. The van der Waals surface area contributed by atoms with Crippen LogP contribution in [0.4, 0.5) is 0 Å². The van der Waals surface area contributed by atoms with Gasteiger partial charge in [-0.05, 0) is 30.3 Å². The van der Waals surface area contributed by atoms with Crippen molar-refractivity contribution in [2.24, 2.45) is 7.05 Å². The Morgan fingerprint density at radius 1 is 1.11 bits per heavy atom. The van der Waals surface area contributed by atoms with E-state index in [2.05, 4.69) is 15.2 Å². The second-order valence-corrected chi connectivity index (χ2v) is 6.99. The number of pyridine rings is 2. The lowest BCUT2D eigenvalue weighted by molar-refractivity contribution is 0.664. The molecule has 8 heteroatoms. The molecule has 0 bridgehead atoms. The van der Waals surface area contributed by atoms with Crippen LogP contribution in [0.2, 0.25) is 5.02 Å². The average molecular weight is 391 g/mol. The minimum atomic E-state index is -0.175. The standard InChI is InChI=1S/C20H15ClN6O/c1-25-8-6-14(24-25)12-26-19-17(11-23-26)16-5-4-13(21)9-18(16)27(20(19)28)15-3-2-7-22-10-15/h2-11H,12H2,1H3. The third kappa shape index (κ3) is 2.59. The van der Waals surface area contributed by atoms with E-state index in [4.69, 9.17) is 11.6 Å². The largest absolute Gasteiger partial charge is 0.281 e. The van der Waals surface area contributed by atoms with Gasteiger partial charge in [0.2, 0.25) is 0 Å². The van der Waals surface area contributed by atoms with Crippen molar-refractivity contribution in [3.63, 3.8) is 0 Å². The van der Waals surface area contributed by atoms with Crippen LogP contribution in [0.5, 0.6) is 0 Å². The van der Waals surface area contributed by atoms with Gasteiger partial charge in [0, 0.05) is 35.2 Å². The van der Waals surface area contributed by atoms with Crippen molar-refractivity contribution in [3.8, 4) is 5.69 Å². The van der Waals surface area contributed by atoms with Gasteiger partial charge in [-0.1, -0.05) is 17.7 Å². The first-order chi connectivity index (χ1) is 13.6. The highest BCUT2D eigenvalue weighted by atomic mass is 35.5. The van der Waals surface area contributed by atoms with Gasteiger partial charge in [-0.15, -0.1) is 0 Å². The van der Waals surface area contributed by atoms with Crippen LogP contribution in [-0.4, -0.2) is 29.1 Å². The molecule has 1 aromatic carbocycles. The molecule has 4 heterocycles. The molecule has 4 aromatic heterocycles. The molecule has 0 aliphatic heterocycles. The number of fused-ring (bicyclic) bond motifs is 3. The average Bonchev–Trinajstić information content (AvgIpc) is 3.29. The molecule has 0 N–H and O–H groups in total. The summed E-state index contributed by atoms with van der Waals surface area (Å²) in [4.78, 5) is 17.7. The summed E-state index contributed by atoms with van der Waals surface area (Å²) in [6.45, 7) is 0.408. The summed E-state index contributed by atoms with van der Waals surface area (Å²) >= 11 is 6.23. The van der Waals surface area contributed by atoms with E-state index in [1.54, 1.807) is 44.7 Å². The fraction of sp³-hybridized carbons (Fsp3) is 0.100. The van der Waals surface area contributed by atoms with Crippen molar-refractivity contribution in [2.45, 2.75) is 6.54 Å². The van der Waals surface area contributed by atoms with E-state index in [1.807, 2.05) is 37.5 Å². The van der Waals surface area contributed by atoms with E-state index in [-0.39, 0.29) is 5.56 Å². The monoisotopic (exact) mass is 390 g/mol. The minimum Gasteiger partial charge on any atom is -0.275 e. The number of benzene rings is 1. The summed E-state index contributed by atoms with van der Waals surface area (Å²) in [5.74, 6) is 0. The number of hydrogen-bond acceptors (Lipinski definition) is 4. The van der Waals surface area contributed by atoms with Gasteiger partial charge in [-0.25, -0.2) is 0 Å². The summed E-state index contributed by atoms with van der Waals surface area (Å²) < 4.78 is 5.06. The number of nitrogens with zero attached hydrogens (tertiary/aromatic N) is 6. The summed E-state index contributed by atoms with van der Waals surface area (Å²) in [6, 6.07) is 11.1. The Morgan fingerprint density at radius 3 is 2.75 bits per heavy atom. The predicted octanol–water partition coefficient (Wildman–Crippen LogP) is 3.17. The van der Waals surface area contributed by atoms with Crippen LogP contribution in [0.25, 0.3) is 27.5 Å². The fourth-order valence-corrected chi connectivity index (χ4v) is 3.67. The van der Waals surface area contributed by atoms with Crippen LogP contribution in [0.3, 0.4) is 0 Å². The molecule has 7 nitrogen and oxygen atoms in total. The van der Waals surface area contributed by atoms with Crippen LogP contribution in [-0.2, 0) is 13.6 Å². The van der Waals surface area contributed by atoms with Crippen molar-refractivity contribution < 1.29 is 0 Å². The van der Waals surface area contributed by atoms with Crippen molar-refractivity contribution in [1.82, 2.24) is 29.1 Å². The number of aromatic nitrogens is 6. The zero-order valence-electron chi connectivity index (χ0n) is 15.0. The normalized spacial score (nSPS) is 11.5. The first kappa shape index (κ1) is 16.7. The van der Waals surface area contributed by atoms with Crippen LogP contribution < -0.4 is 5.56 Å². The van der Waals surface area contributed by atoms with Gasteiger partial charge in [0.1, 0.15) is 5.52 Å². The molecule has 138 valence electrons. The maximum Gasteiger partial charge on any atom is 0.281 e. The summed E-state index contributed by atoms with van der Waals surface area (Å²) in [6.07, 6.45) is 6.93. The van der Waals surface area contributed by atoms with Crippen molar-refractivity contribution >= 4 is 33.4 Å². The van der Waals surface area contributed by atoms with Crippen molar-refractivity contribution in [3.05, 3.63) is 82.3 Å². The molecule has 0 fully saturated rings. The van der Waals surface area contributed by atoms with Crippen LogP contribution in [0.1, 0.15) is 5.69 Å². The van der Waals surface area contributed by atoms with Crippen molar-refractivity contribution in [1.29, 1.82) is 0 Å². The highest BCUT2D eigenvalue weighted by molar-refractivity contribution is 6.31. The molecule has 28 heavy (non-hydrogen) atoms. The van der Waals surface area contributed by atoms with Crippen LogP contribution >= 0.6 is 11.6 Å². The molecular weight excluding hydrogens is 376 g/mol. The third-order valence-electron chi connectivity index (χ3n) is 4.72. The van der Waals surface area contributed by atoms with Gasteiger partial charge >= 0.3 is 0 Å². The van der Waals surface area contributed by atoms with Crippen molar-refractivity contribution in [2.75, 3.05) is 0 Å². The predicted molar refractivity (Wildman–Crippen MR) is 108 cm³/mol. The molecule has 0 atom stereocenters. The highest BCUT2D eigenvalue weighted by Crippen LogP contribution is 2.27. The second kappa shape index (κ2) is 6.31. The van der Waals surface area contributed by atoms with E-state index in [1.165, 1.54) is 0 Å². The van der Waals surface area contributed by atoms with Crippen LogP contribution in [0.15, 0.2) is 66.0 Å². The molecule has 0 spiro atoms. The number of aryl methyl sites for hydroxylation is 1. The second-order valence-electron chi connectivity index (χ2n) is 6.56. The summed E-state index contributed by atoms with van der Waals surface area (Å²) in [5, 5.41) is 11.1. The lowest BCUT2D eigenvalue weighted by Gasteiger charge is -2.12. The van der Waals surface area contributed by atoms with Gasteiger partial charge in [0.05, 0.1) is 35.8 Å². The number of rotatable bonds is 3. The first-order valence-corrected chi connectivity index (χ1v) is 9.08. The van der Waals surface area contributed by atoms with Crippen LogP contribution in [0, 0.1) is 0 Å². The first-order valence-electron chi connectivity index (χ1n) is 8.70. The molecule has 0 unspecified atom stereocenters. The lowest BCUT2D eigenvalue weighted by Crippen LogP contribution is -2.22. The SMILES string of the molecule is Cn1ccc(Cn2ncc3c4ccc(Cl)cc4n(-c4cccnc4)c(=O)c32)n1. The third-order valence-corrected chi connectivity index (χ3v) is 4.96. The van der Waals surface area contributed by atoms with Gasteiger partial charge in [0.15, 0.2) is 0 Å². The molecule has 5 rings (SSSR count). The number of halogens is 1. The van der Waals surface area contributed by atoms with E-state index in [9.17, 15) is 4.79 Å². The highest BCUT2D eigenvalue weighted by Gasteiger charge is 2.17. The molecule has 0 saturated carbocycles. The Bertz CT molecular complexity index is 1380.